The Morgan fingerprint density at radius 2 is 1.47 bits per heavy atom. The van der Waals surface area contributed by atoms with Gasteiger partial charge in [0, 0.05) is 19.2 Å². The average molecular weight is 424 g/mol. The van der Waals surface area contributed by atoms with E-state index in [1.54, 1.807) is 18.9 Å². The van der Waals surface area contributed by atoms with E-state index < -0.39 is 0 Å². The maximum atomic E-state index is 12.4. The van der Waals surface area contributed by atoms with Crippen LogP contribution in [0.2, 0.25) is 0 Å². The number of carbonyl (C=O) groups excluding carboxylic acids is 3. The van der Waals surface area contributed by atoms with Gasteiger partial charge in [0.05, 0.1) is 12.6 Å². The number of likely N-dealkylation sites (N-methyl/N-ethyl adjacent to an activating group) is 1. The number of nitrogens with one attached hydrogen (secondary N) is 2. The standard InChI is InChI=1S/C24H45N3O3/c1-6-7-8-9-10-11-12-13-14-15-16-26-24(30)21(4)17-22(20(2)3)27(5)23(29)18-25-19-28/h17,19-20,22H,6-16,18H2,1-5H3,(H,25,28)(H,26,30)/b21-17+/t22-/m1/s1. The lowest BCUT2D eigenvalue weighted by atomic mass is 9.99. The molecule has 0 aliphatic carbocycles. The zero-order valence-electron chi connectivity index (χ0n) is 20.0. The Labute approximate surface area is 184 Å². The number of unbranched alkanes of at least 4 members (excludes halogenated alkanes) is 9. The van der Waals surface area contributed by atoms with Crippen LogP contribution in [0.25, 0.3) is 0 Å². The first kappa shape index (κ1) is 28.1. The molecule has 0 aliphatic rings. The summed E-state index contributed by atoms with van der Waals surface area (Å²) in [5.74, 6) is -0.112. The molecule has 0 saturated heterocycles. The summed E-state index contributed by atoms with van der Waals surface area (Å²) in [5, 5.41) is 5.38. The van der Waals surface area contributed by atoms with E-state index in [9.17, 15) is 14.4 Å². The quantitative estimate of drug-likeness (QED) is 0.197. The van der Waals surface area contributed by atoms with Crippen LogP contribution in [0.1, 0.15) is 91.9 Å². The summed E-state index contributed by atoms with van der Waals surface area (Å²) in [6.45, 7) is 8.69. The third kappa shape index (κ3) is 13.4. The summed E-state index contributed by atoms with van der Waals surface area (Å²) in [6, 6.07) is -0.200. The molecular weight excluding hydrogens is 378 g/mol. The molecule has 0 aliphatic heterocycles. The topological polar surface area (TPSA) is 78.5 Å². The molecule has 0 aromatic rings. The van der Waals surface area contributed by atoms with Crippen molar-refractivity contribution in [3.05, 3.63) is 11.6 Å². The zero-order chi connectivity index (χ0) is 22.8. The van der Waals surface area contributed by atoms with Gasteiger partial charge in [0.2, 0.25) is 18.2 Å². The molecule has 3 amide bonds. The van der Waals surface area contributed by atoms with Crippen molar-refractivity contribution < 1.29 is 14.4 Å². The summed E-state index contributed by atoms with van der Waals surface area (Å²) in [5.41, 5.74) is 0.615. The molecule has 2 N–H and O–H groups in total. The molecule has 0 rings (SSSR count). The van der Waals surface area contributed by atoms with E-state index in [0.717, 1.165) is 12.8 Å². The summed E-state index contributed by atoms with van der Waals surface area (Å²) in [4.78, 5) is 36.5. The molecule has 6 nitrogen and oxygen atoms in total. The Kier molecular flexibility index (Phi) is 16.9. The lowest BCUT2D eigenvalue weighted by Crippen LogP contribution is -2.43. The molecule has 0 spiro atoms. The lowest BCUT2D eigenvalue weighted by molar-refractivity contribution is -0.132. The highest BCUT2D eigenvalue weighted by Crippen LogP contribution is 2.14. The normalized spacial score (nSPS) is 12.5. The van der Waals surface area contributed by atoms with Gasteiger partial charge in [0.15, 0.2) is 0 Å². The van der Waals surface area contributed by atoms with Gasteiger partial charge in [-0.05, 0) is 19.3 Å². The highest BCUT2D eigenvalue weighted by atomic mass is 16.2. The summed E-state index contributed by atoms with van der Waals surface area (Å²) < 4.78 is 0. The fraction of sp³-hybridized carbons (Fsp3) is 0.792. The van der Waals surface area contributed by atoms with Crippen LogP contribution in [0.5, 0.6) is 0 Å². The predicted molar refractivity (Wildman–Crippen MR) is 124 cm³/mol. The molecule has 174 valence electrons. The number of hydrogen-bond acceptors (Lipinski definition) is 3. The highest BCUT2D eigenvalue weighted by molar-refractivity contribution is 5.93. The third-order valence-corrected chi connectivity index (χ3v) is 5.46. The molecule has 0 aromatic heterocycles. The minimum atomic E-state index is -0.200. The van der Waals surface area contributed by atoms with Crippen LogP contribution in [-0.4, -0.2) is 49.3 Å². The van der Waals surface area contributed by atoms with Gasteiger partial charge in [-0.25, -0.2) is 0 Å². The number of hydrogen-bond donors (Lipinski definition) is 2. The van der Waals surface area contributed by atoms with Crippen molar-refractivity contribution in [2.24, 2.45) is 5.92 Å². The molecule has 0 saturated carbocycles. The van der Waals surface area contributed by atoms with Crippen molar-refractivity contribution in [2.75, 3.05) is 20.1 Å². The fourth-order valence-electron chi connectivity index (χ4n) is 3.46. The van der Waals surface area contributed by atoms with Crippen molar-refractivity contribution in [3.63, 3.8) is 0 Å². The zero-order valence-corrected chi connectivity index (χ0v) is 20.0. The molecule has 0 bridgehead atoms. The Morgan fingerprint density at radius 1 is 0.933 bits per heavy atom. The second-order valence-electron chi connectivity index (χ2n) is 8.53. The van der Waals surface area contributed by atoms with Crippen molar-refractivity contribution in [3.8, 4) is 0 Å². The molecule has 0 fully saturated rings. The van der Waals surface area contributed by atoms with Gasteiger partial charge < -0.3 is 15.5 Å². The van der Waals surface area contributed by atoms with E-state index in [0.29, 0.717) is 18.5 Å². The molecule has 0 radical (unpaired) electrons. The van der Waals surface area contributed by atoms with Crippen molar-refractivity contribution in [1.29, 1.82) is 0 Å². The first-order chi connectivity index (χ1) is 14.3. The third-order valence-electron chi connectivity index (χ3n) is 5.46. The van der Waals surface area contributed by atoms with Gasteiger partial charge in [-0.1, -0.05) is 84.6 Å². The molecule has 1 atom stereocenters. The second kappa shape index (κ2) is 18.0. The van der Waals surface area contributed by atoms with Crippen molar-refractivity contribution in [1.82, 2.24) is 15.5 Å². The highest BCUT2D eigenvalue weighted by Gasteiger charge is 2.22. The van der Waals surface area contributed by atoms with Crippen LogP contribution in [0, 0.1) is 5.92 Å². The molecule has 6 heteroatoms. The number of amides is 3. The van der Waals surface area contributed by atoms with Gasteiger partial charge in [-0.3, -0.25) is 14.4 Å². The van der Waals surface area contributed by atoms with Crippen LogP contribution >= 0.6 is 0 Å². The monoisotopic (exact) mass is 423 g/mol. The number of carbonyl (C=O) groups is 3. The van der Waals surface area contributed by atoms with E-state index in [2.05, 4.69) is 17.6 Å². The van der Waals surface area contributed by atoms with Gasteiger partial charge in [-0.15, -0.1) is 0 Å². The van der Waals surface area contributed by atoms with E-state index >= 15 is 0 Å². The van der Waals surface area contributed by atoms with Crippen LogP contribution in [0.4, 0.5) is 0 Å². The smallest absolute Gasteiger partial charge is 0.246 e. The van der Waals surface area contributed by atoms with Crippen LogP contribution in [0.3, 0.4) is 0 Å². The Balaban J connectivity index is 4.19. The Hall–Kier alpha value is -1.85. The molecular formula is C24H45N3O3. The minimum Gasteiger partial charge on any atom is -0.352 e. The molecule has 30 heavy (non-hydrogen) atoms. The molecule has 0 aromatic carbocycles. The van der Waals surface area contributed by atoms with E-state index in [-0.39, 0.29) is 30.3 Å². The van der Waals surface area contributed by atoms with Crippen molar-refractivity contribution >= 4 is 18.2 Å². The van der Waals surface area contributed by atoms with Gasteiger partial charge in [-0.2, -0.15) is 0 Å². The lowest BCUT2D eigenvalue weighted by Gasteiger charge is -2.29. The van der Waals surface area contributed by atoms with E-state index in [4.69, 9.17) is 0 Å². The maximum Gasteiger partial charge on any atom is 0.246 e. The number of rotatable bonds is 18. The van der Waals surface area contributed by atoms with Crippen molar-refractivity contribution in [2.45, 2.75) is 97.9 Å². The predicted octanol–water partition coefficient (Wildman–Crippen LogP) is 4.20. The van der Waals surface area contributed by atoms with Gasteiger partial charge in [0.1, 0.15) is 0 Å². The Morgan fingerprint density at radius 3 is 1.97 bits per heavy atom. The Bertz CT molecular complexity index is 518. The summed E-state index contributed by atoms with van der Waals surface area (Å²) >= 11 is 0. The average Bonchev–Trinajstić information content (AvgIpc) is 2.72. The van der Waals surface area contributed by atoms with Crippen LogP contribution < -0.4 is 10.6 Å². The fourth-order valence-corrected chi connectivity index (χ4v) is 3.46. The van der Waals surface area contributed by atoms with Crippen LogP contribution in [-0.2, 0) is 14.4 Å². The first-order valence-corrected chi connectivity index (χ1v) is 11.7. The SMILES string of the molecule is CCCCCCCCCCCCNC(=O)/C(C)=C/[C@H](C(C)C)N(C)C(=O)CNC=O. The van der Waals surface area contributed by atoms with Gasteiger partial charge in [0.25, 0.3) is 0 Å². The summed E-state index contributed by atoms with van der Waals surface area (Å²) in [7, 11) is 1.70. The molecule has 0 heterocycles. The second-order valence-corrected chi connectivity index (χ2v) is 8.53. The number of nitrogens with zero attached hydrogens (tertiary/aromatic N) is 1. The molecule has 0 unspecified atom stereocenters. The maximum absolute atomic E-state index is 12.4. The first-order valence-electron chi connectivity index (χ1n) is 11.7. The van der Waals surface area contributed by atoms with E-state index in [1.807, 2.05) is 19.9 Å². The van der Waals surface area contributed by atoms with E-state index in [1.165, 1.54) is 51.4 Å². The largest absolute Gasteiger partial charge is 0.352 e. The van der Waals surface area contributed by atoms with Gasteiger partial charge >= 0.3 is 0 Å². The van der Waals surface area contributed by atoms with Crippen LogP contribution in [0.15, 0.2) is 11.6 Å². The minimum absolute atomic E-state index is 0.0406. The summed E-state index contributed by atoms with van der Waals surface area (Å²) in [6.07, 6.45) is 15.1.